The average molecular weight is 457 g/mol. The van der Waals surface area contributed by atoms with Crippen LogP contribution in [0, 0.1) is 0 Å². The standard InChI is InChI=1S/C12H9Br3S2/c13-9-10(14)12(15)17-11(9)8-3-1-7(2-4-8)5-6-16/h1-4,16H,5-6H2. The molecule has 0 radical (unpaired) electrons. The molecule has 2 aromatic rings. The van der Waals surface area contributed by atoms with Gasteiger partial charge in [0.2, 0.25) is 0 Å². The van der Waals surface area contributed by atoms with E-state index in [1.807, 2.05) is 0 Å². The highest BCUT2D eigenvalue weighted by Gasteiger charge is 2.13. The van der Waals surface area contributed by atoms with Crippen LogP contribution in [0.15, 0.2) is 37.0 Å². The van der Waals surface area contributed by atoms with Gasteiger partial charge in [-0.1, -0.05) is 24.3 Å². The van der Waals surface area contributed by atoms with Gasteiger partial charge in [0.05, 0.1) is 17.6 Å². The maximum Gasteiger partial charge on any atom is 0.0858 e. The Morgan fingerprint density at radius 3 is 2.12 bits per heavy atom. The van der Waals surface area contributed by atoms with Gasteiger partial charge in [0.1, 0.15) is 0 Å². The van der Waals surface area contributed by atoms with Crippen LogP contribution in [-0.4, -0.2) is 5.75 Å². The van der Waals surface area contributed by atoms with Crippen molar-refractivity contribution in [3.8, 4) is 10.4 Å². The summed E-state index contributed by atoms with van der Waals surface area (Å²) in [6.07, 6.45) is 1.02. The molecule has 0 fully saturated rings. The van der Waals surface area contributed by atoms with Crippen LogP contribution in [0.5, 0.6) is 0 Å². The smallest absolute Gasteiger partial charge is 0.0858 e. The topological polar surface area (TPSA) is 0 Å². The van der Waals surface area contributed by atoms with Crippen LogP contribution >= 0.6 is 71.8 Å². The quantitative estimate of drug-likeness (QED) is 0.524. The molecule has 0 aliphatic heterocycles. The molecule has 0 N–H and O–H groups in total. The monoisotopic (exact) mass is 454 g/mol. The minimum absolute atomic E-state index is 0.888. The summed E-state index contributed by atoms with van der Waals surface area (Å²) < 4.78 is 3.30. The minimum Gasteiger partial charge on any atom is -0.179 e. The molecule has 0 bridgehead atoms. The molecule has 0 unspecified atom stereocenters. The molecule has 0 atom stereocenters. The molecular weight excluding hydrogens is 448 g/mol. The third-order valence-corrected chi connectivity index (χ3v) is 7.68. The van der Waals surface area contributed by atoms with Gasteiger partial charge in [0.15, 0.2) is 0 Å². The summed E-state index contributed by atoms with van der Waals surface area (Å²) in [5, 5.41) is 0. The molecule has 1 aromatic carbocycles. The molecule has 5 heteroatoms. The van der Waals surface area contributed by atoms with E-state index in [4.69, 9.17) is 0 Å². The fourth-order valence-electron chi connectivity index (χ4n) is 1.50. The van der Waals surface area contributed by atoms with Gasteiger partial charge in [0.25, 0.3) is 0 Å². The molecule has 0 saturated carbocycles. The van der Waals surface area contributed by atoms with E-state index >= 15 is 0 Å². The SMILES string of the molecule is SCCc1ccc(-c2sc(Br)c(Br)c2Br)cc1. The van der Waals surface area contributed by atoms with Crippen LogP contribution in [0.4, 0.5) is 0 Å². The number of aryl methyl sites for hydroxylation is 1. The third-order valence-electron chi connectivity index (χ3n) is 2.37. The zero-order valence-corrected chi connectivity index (χ0v) is 15.2. The molecule has 90 valence electrons. The van der Waals surface area contributed by atoms with E-state index < -0.39 is 0 Å². The number of hydrogen-bond donors (Lipinski definition) is 1. The highest BCUT2D eigenvalue weighted by Crippen LogP contribution is 2.46. The Morgan fingerprint density at radius 1 is 1.00 bits per heavy atom. The molecule has 0 spiro atoms. The van der Waals surface area contributed by atoms with E-state index in [9.17, 15) is 0 Å². The van der Waals surface area contributed by atoms with Crippen molar-refractivity contribution < 1.29 is 0 Å². The van der Waals surface area contributed by atoms with Crippen molar-refractivity contribution in [1.29, 1.82) is 0 Å². The lowest BCUT2D eigenvalue weighted by atomic mass is 10.1. The predicted octanol–water partition coefficient (Wildman–Crippen LogP) is 6.17. The van der Waals surface area contributed by atoms with Crippen molar-refractivity contribution in [3.63, 3.8) is 0 Å². The van der Waals surface area contributed by atoms with Gasteiger partial charge in [-0.15, -0.1) is 11.3 Å². The second-order valence-electron chi connectivity index (χ2n) is 3.50. The van der Waals surface area contributed by atoms with Crippen LogP contribution in [0.1, 0.15) is 5.56 Å². The summed E-state index contributed by atoms with van der Waals surface area (Å²) in [4.78, 5) is 1.24. The number of halogens is 3. The van der Waals surface area contributed by atoms with Crippen molar-refractivity contribution in [2.45, 2.75) is 6.42 Å². The van der Waals surface area contributed by atoms with E-state index in [-0.39, 0.29) is 0 Å². The number of thiophene rings is 1. The Balaban J connectivity index is 2.36. The average Bonchev–Trinajstić information content (AvgIpc) is 2.59. The van der Waals surface area contributed by atoms with Gasteiger partial charge in [-0.05, 0) is 71.1 Å². The van der Waals surface area contributed by atoms with Crippen LogP contribution in [0.25, 0.3) is 10.4 Å². The van der Waals surface area contributed by atoms with Crippen molar-refractivity contribution in [3.05, 3.63) is 42.6 Å². The first-order chi connectivity index (χ1) is 8.13. The Morgan fingerprint density at radius 2 is 1.65 bits per heavy atom. The number of hydrogen-bond acceptors (Lipinski definition) is 2. The molecule has 1 heterocycles. The second kappa shape index (κ2) is 6.24. The van der Waals surface area contributed by atoms with E-state index in [0.717, 1.165) is 24.9 Å². The van der Waals surface area contributed by atoms with E-state index in [1.54, 1.807) is 11.3 Å². The van der Waals surface area contributed by atoms with Crippen molar-refractivity contribution in [2.75, 3.05) is 5.75 Å². The normalized spacial score (nSPS) is 10.8. The summed E-state index contributed by atoms with van der Waals surface area (Å²) >= 11 is 16.7. The maximum absolute atomic E-state index is 4.24. The fraction of sp³-hybridized carbons (Fsp3) is 0.167. The zero-order valence-electron chi connectivity index (χ0n) is 8.71. The highest BCUT2D eigenvalue weighted by atomic mass is 79.9. The van der Waals surface area contributed by atoms with Gasteiger partial charge in [0, 0.05) is 0 Å². The van der Waals surface area contributed by atoms with Crippen LogP contribution < -0.4 is 0 Å². The molecule has 0 aliphatic rings. The van der Waals surface area contributed by atoms with E-state index in [0.29, 0.717) is 0 Å². The molecule has 0 amide bonds. The third kappa shape index (κ3) is 3.18. The number of benzene rings is 1. The Hall–Kier alpha value is 0.710. The fourth-order valence-corrected chi connectivity index (χ4v) is 4.90. The molecule has 0 nitrogen and oxygen atoms in total. The molecular formula is C12H9Br3S2. The van der Waals surface area contributed by atoms with Gasteiger partial charge < -0.3 is 0 Å². The molecule has 0 saturated heterocycles. The van der Waals surface area contributed by atoms with Crippen LogP contribution in [-0.2, 0) is 6.42 Å². The summed E-state index contributed by atoms with van der Waals surface area (Å²) in [6.45, 7) is 0. The van der Waals surface area contributed by atoms with E-state index in [1.165, 1.54) is 16.0 Å². The summed E-state index contributed by atoms with van der Waals surface area (Å²) in [6, 6.07) is 8.65. The number of thiol groups is 1. The summed E-state index contributed by atoms with van der Waals surface area (Å²) in [5.74, 6) is 0.888. The van der Waals surface area contributed by atoms with Crippen molar-refractivity contribution in [2.24, 2.45) is 0 Å². The van der Waals surface area contributed by atoms with Crippen molar-refractivity contribution in [1.82, 2.24) is 0 Å². The Bertz CT molecular complexity index is 517. The van der Waals surface area contributed by atoms with E-state index in [2.05, 4.69) is 84.7 Å². The molecule has 17 heavy (non-hydrogen) atoms. The lowest BCUT2D eigenvalue weighted by Crippen LogP contribution is -1.85. The molecule has 2 rings (SSSR count). The molecule has 1 aromatic heterocycles. The number of rotatable bonds is 3. The largest absolute Gasteiger partial charge is 0.179 e. The Labute approximate surface area is 136 Å². The summed E-state index contributed by atoms with van der Waals surface area (Å²) in [5.41, 5.74) is 2.56. The van der Waals surface area contributed by atoms with Crippen LogP contribution in [0.3, 0.4) is 0 Å². The zero-order chi connectivity index (χ0) is 12.4. The second-order valence-corrected chi connectivity index (χ2v) is 7.88. The first-order valence-corrected chi connectivity index (χ1v) is 8.79. The first-order valence-electron chi connectivity index (χ1n) is 4.97. The predicted molar refractivity (Wildman–Crippen MR) is 90.4 cm³/mol. The maximum atomic E-state index is 4.24. The minimum atomic E-state index is 0.888. The van der Waals surface area contributed by atoms with Crippen molar-refractivity contribution >= 4 is 71.8 Å². The lowest BCUT2D eigenvalue weighted by molar-refractivity contribution is 1.16. The summed E-state index contributed by atoms with van der Waals surface area (Å²) in [7, 11) is 0. The Kier molecular flexibility index (Phi) is 5.18. The van der Waals surface area contributed by atoms with Gasteiger partial charge in [-0.25, -0.2) is 0 Å². The van der Waals surface area contributed by atoms with Crippen LogP contribution in [0.2, 0.25) is 0 Å². The van der Waals surface area contributed by atoms with Gasteiger partial charge in [-0.3, -0.25) is 0 Å². The van der Waals surface area contributed by atoms with Gasteiger partial charge in [-0.2, -0.15) is 12.6 Å². The first kappa shape index (κ1) is 14.1. The molecule has 0 aliphatic carbocycles. The lowest BCUT2D eigenvalue weighted by Gasteiger charge is -2.02. The highest BCUT2D eigenvalue weighted by molar-refractivity contribution is 9.14. The van der Waals surface area contributed by atoms with Gasteiger partial charge >= 0.3 is 0 Å².